The lowest BCUT2D eigenvalue weighted by Gasteiger charge is -2.21. The van der Waals surface area contributed by atoms with E-state index in [0.29, 0.717) is 6.54 Å². The van der Waals surface area contributed by atoms with Crippen molar-refractivity contribution >= 4 is 11.9 Å². The Kier molecular flexibility index (Phi) is 6.88. The van der Waals surface area contributed by atoms with E-state index >= 15 is 0 Å². The van der Waals surface area contributed by atoms with Gasteiger partial charge in [0.25, 0.3) is 0 Å². The second-order valence-electron chi connectivity index (χ2n) is 5.32. The molecule has 1 aromatic rings. The van der Waals surface area contributed by atoms with Crippen LogP contribution in [0.25, 0.3) is 0 Å². The lowest BCUT2D eigenvalue weighted by atomic mass is 10.1. The van der Waals surface area contributed by atoms with Gasteiger partial charge in [-0.3, -0.25) is 14.5 Å². The number of carbonyl (C=O) groups is 2. The molecule has 0 aromatic heterocycles. The summed E-state index contributed by atoms with van der Waals surface area (Å²) in [6, 6.07) is 9.76. The number of likely N-dealkylation sites (N-methyl/N-ethyl adjacent to an activating group) is 1. The quantitative estimate of drug-likeness (QED) is 0.776. The Bertz CT molecular complexity index is 462. The topological polar surface area (TPSA) is 58.6 Å². The van der Waals surface area contributed by atoms with E-state index in [9.17, 15) is 9.59 Å². The number of rotatable bonds is 7. The van der Waals surface area contributed by atoms with Crippen molar-refractivity contribution in [3.05, 3.63) is 35.9 Å². The molecular formula is C16H24N2O3. The Morgan fingerprint density at radius 2 is 1.86 bits per heavy atom. The molecule has 5 heteroatoms. The summed E-state index contributed by atoms with van der Waals surface area (Å²) in [4.78, 5) is 25.1. The maximum Gasteiger partial charge on any atom is 0.309 e. The van der Waals surface area contributed by atoms with E-state index < -0.39 is 0 Å². The minimum atomic E-state index is -0.264. The van der Waals surface area contributed by atoms with Gasteiger partial charge in [0.2, 0.25) is 5.91 Å². The molecule has 21 heavy (non-hydrogen) atoms. The molecule has 0 saturated heterocycles. The summed E-state index contributed by atoms with van der Waals surface area (Å²) in [5.74, 6) is -0.579. The lowest BCUT2D eigenvalue weighted by molar-refractivity contribution is -0.145. The van der Waals surface area contributed by atoms with Gasteiger partial charge in [-0.2, -0.15) is 0 Å². The van der Waals surface area contributed by atoms with Crippen molar-refractivity contribution in [3.8, 4) is 0 Å². The van der Waals surface area contributed by atoms with Crippen LogP contribution in [0.2, 0.25) is 0 Å². The highest BCUT2D eigenvalue weighted by Crippen LogP contribution is 2.10. The van der Waals surface area contributed by atoms with E-state index in [0.717, 1.165) is 5.56 Å². The molecule has 1 amide bonds. The third-order valence-electron chi connectivity index (χ3n) is 3.28. The number of nitrogens with zero attached hydrogens (tertiary/aromatic N) is 1. The first-order valence-corrected chi connectivity index (χ1v) is 7.04. The average molecular weight is 292 g/mol. The summed E-state index contributed by atoms with van der Waals surface area (Å²) in [6.45, 7) is 4.47. The van der Waals surface area contributed by atoms with Crippen molar-refractivity contribution in [1.29, 1.82) is 0 Å². The largest absolute Gasteiger partial charge is 0.469 e. The average Bonchev–Trinajstić information content (AvgIpc) is 2.46. The van der Waals surface area contributed by atoms with E-state index in [4.69, 9.17) is 0 Å². The number of benzene rings is 1. The molecule has 116 valence electrons. The van der Waals surface area contributed by atoms with E-state index in [1.807, 2.05) is 49.2 Å². The highest BCUT2D eigenvalue weighted by Gasteiger charge is 2.17. The van der Waals surface area contributed by atoms with Gasteiger partial charge >= 0.3 is 5.97 Å². The predicted molar refractivity (Wildman–Crippen MR) is 81.7 cm³/mol. The fourth-order valence-electron chi connectivity index (χ4n) is 2.17. The van der Waals surface area contributed by atoms with Gasteiger partial charge in [0.1, 0.15) is 0 Å². The Labute approximate surface area is 126 Å². The SMILES string of the molecule is COC(=O)C(C)CN(C)CC(=O)NC(C)c1ccccc1. The normalized spacial score (nSPS) is 13.6. The molecule has 0 radical (unpaired) electrons. The number of esters is 1. The monoisotopic (exact) mass is 292 g/mol. The van der Waals surface area contributed by atoms with Gasteiger partial charge in [0, 0.05) is 6.54 Å². The van der Waals surface area contributed by atoms with Crippen molar-refractivity contribution in [2.75, 3.05) is 27.2 Å². The summed E-state index contributed by atoms with van der Waals surface area (Å²) >= 11 is 0. The summed E-state index contributed by atoms with van der Waals surface area (Å²) in [5.41, 5.74) is 1.07. The standard InChI is InChI=1S/C16H24N2O3/c1-12(16(20)21-4)10-18(3)11-15(19)17-13(2)14-8-6-5-7-9-14/h5-9,12-13H,10-11H2,1-4H3,(H,17,19). The van der Waals surface area contributed by atoms with E-state index in [-0.39, 0.29) is 30.4 Å². The van der Waals surface area contributed by atoms with Crippen LogP contribution in [0.4, 0.5) is 0 Å². The van der Waals surface area contributed by atoms with Gasteiger partial charge in [-0.15, -0.1) is 0 Å². The summed E-state index contributed by atoms with van der Waals surface area (Å²) < 4.78 is 4.67. The van der Waals surface area contributed by atoms with Crippen molar-refractivity contribution in [1.82, 2.24) is 10.2 Å². The van der Waals surface area contributed by atoms with E-state index in [2.05, 4.69) is 10.1 Å². The summed E-state index contributed by atoms with van der Waals surface area (Å²) in [5, 5.41) is 2.95. The fourth-order valence-corrected chi connectivity index (χ4v) is 2.17. The van der Waals surface area contributed by atoms with Crippen LogP contribution >= 0.6 is 0 Å². The molecule has 0 spiro atoms. The second kappa shape index (κ2) is 8.42. The van der Waals surface area contributed by atoms with Crippen molar-refractivity contribution in [2.24, 2.45) is 5.92 Å². The molecule has 2 unspecified atom stereocenters. The van der Waals surface area contributed by atoms with Crippen LogP contribution in [0.1, 0.15) is 25.5 Å². The van der Waals surface area contributed by atoms with Crippen LogP contribution in [0.5, 0.6) is 0 Å². The predicted octanol–water partition coefficient (Wildman–Crippen LogP) is 1.60. The highest BCUT2D eigenvalue weighted by atomic mass is 16.5. The van der Waals surface area contributed by atoms with Crippen molar-refractivity contribution in [3.63, 3.8) is 0 Å². The first kappa shape index (κ1) is 17.2. The van der Waals surface area contributed by atoms with Crippen LogP contribution in [-0.2, 0) is 14.3 Å². The van der Waals surface area contributed by atoms with Crippen LogP contribution in [0.15, 0.2) is 30.3 Å². The van der Waals surface area contributed by atoms with Gasteiger partial charge in [0.15, 0.2) is 0 Å². The number of amides is 1. The molecule has 0 aliphatic rings. The minimum absolute atomic E-state index is 0.0369. The zero-order valence-electron chi connectivity index (χ0n) is 13.1. The molecule has 0 bridgehead atoms. The first-order chi connectivity index (χ1) is 9.93. The molecule has 1 aromatic carbocycles. The maximum absolute atomic E-state index is 12.0. The van der Waals surface area contributed by atoms with Crippen molar-refractivity contribution in [2.45, 2.75) is 19.9 Å². The van der Waals surface area contributed by atoms with Crippen LogP contribution in [-0.4, -0.2) is 44.0 Å². The van der Waals surface area contributed by atoms with E-state index in [1.54, 1.807) is 6.92 Å². The Morgan fingerprint density at radius 1 is 1.24 bits per heavy atom. The number of carbonyl (C=O) groups excluding carboxylic acids is 2. The maximum atomic E-state index is 12.0. The Morgan fingerprint density at radius 3 is 2.43 bits per heavy atom. The summed E-state index contributed by atoms with van der Waals surface area (Å²) in [6.07, 6.45) is 0. The number of nitrogens with one attached hydrogen (secondary N) is 1. The molecule has 0 saturated carbocycles. The van der Waals surface area contributed by atoms with Gasteiger partial charge in [0.05, 0.1) is 25.6 Å². The smallest absolute Gasteiger partial charge is 0.309 e. The zero-order chi connectivity index (χ0) is 15.8. The Hall–Kier alpha value is -1.88. The molecule has 0 aliphatic carbocycles. The van der Waals surface area contributed by atoms with Crippen molar-refractivity contribution < 1.29 is 14.3 Å². The zero-order valence-corrected chi connectivity index (χ0v) is 13.1. The Balaban J connectivity index is 2.41. The molecule has 5 nitrogen and oxygen atoms in total. The third-order valence-corrected chi connectivity index (χ3v) is 3.28. The molecule has 0 fully saturated rings. The first-order valence-electron chi connectivity index (χ1n) is 7.04. The minimum Gasteiger partial charge on any atom is -0.469 e. The molecular weight excluding hydrogens is 268 g/mol. The number of methoxy groups -OCH3 is 1. The fraction of sp³-hybridized carbons (Fsp3) is 0.500. The van der Waals surface area contributed by atoms with Gasteiger partial charge in [-0.1, -0.05) is 37.3 Å². The van der Waals surface area contributed by atoms with Crippen LogP contribution in [0, 0.1) is 5.92 Å². The lowest BCUT2D eigenvalue weighted by Crippen LogP contribution is -2.39. The molecule has 1 N–H and O–H groups in total. The van der Waals surface area contributed by atoms with E-state index in [1.165, 1.54) is 7.11 Å². The third kappa shape index (κ3) is 5.95. The number of ether oxygens (including phenoxy) is 1. The van der Waals surface area contributed by atoms with Gasteiger partial charge < -0.3 is 10.1 Å². The van der Waals surface area contributed by atoms with Crippen LogP contribution in [0.3, 0.4) is 0 Å². The summed E-state index contributed by atoms with van der Waals surface area (Å²) in [7, 11) is 3.18. The van der Waals surface area contributed by atoms with Gasteiger partial charge in [-0.25, -0.2) is 0 Å². The molecule has 0 aliphatic heterocycles. The molecule has 2 atom stereocenters. The van der Waals surface area contributed by atoms with Crippen LogP contribution < -0.4 is 5.32 Å². The number of hydrogen-bond donors (Lipinski definition) is 1. The molecule has 0 heterocycles. The highest BCUT2D eigenvalue weighted by molar-refractivity contribution is 5.78. The second-order valence-corrected chi connectivity index (χ2v) is 5.32. The van der Waals surface area contributed by atoms with Gasteiger partial charge in [-0.05, 0) is 19.5 Å². The molecule has 1 rings (SSSR count). The number of hydrogen-bond acceptors (Lipinski definition) is 4.